The second-order valence-corrected chi connectivity index (χ2v) is 6.08. The van der Waals surface area contributed by atoms with Gasteiger partial charge in [-0.15, -0.1) is 0 Å². The highest BCUT2D eigenvalue weighted by atomic mass is 32.1. The number of carbonyl (C=O) groups excluding carboxylic acids is 1. The average Bonchev–Trinajstić information content (AvgIpc) is 2.51. The van der Waals surface area contributed by atoms with E-state index in [-0.39, 0.29) is 11.9 Å². The van der Waals surface area contributed by atoms with E-state index in [0.717, 1.165) is 6.54 Å². The third kappa shape index (κ3) is 52.4. The highest BCUT2D eigenvalue weighted by Gasteiger charge is 2.08. The van der Waals surface area contributed by atoms with Crippen LogP contribution < -0.4 is 5.32 Å². The third-order valence-corrected chi connectivity index (χ3v) is 1.69. The van der Waals surface area contributed by atoms with Crippen LogP contribution in [0.25, 0.3) is 0 Å². The van der Waals surface area contributed by atoms with Gasteiger partial charge < -0.3 is 10.1 Å². The summed E-state index contributed by atoms with van der Waals surface area (Å²) in [6, 6.07) is 0.105. The van der Waals surface area contributed by atoms with Gasteiger partial charge in [-0.3, -0.25) is 0 Å². The van der Waals surface area contributed by atoms with E-state index in [1.165, 1.54) is 6.08 Å². The fourth-order valence-electron chi connectivity index (χ4n) is 0.962. The molecule has 0 amide bonds. The first-order valence-electron chi connectivity index (χ1n) is 8.08. The van der Waals surface area contributed by atoms with Crippen molar-refractivity contribution in [1.29, 1.82) is 0 Å². The molecule has 0 saturated heterocycles. The maximum atomic E-state index is 12.8. The van der Waals surface area contributed by atoms with Crippen LogP contribution in [0.5, 0.6) is 0 Å². The number of rotatable bonds is 5. The Hall–Kier alpha value is -0.610. The molecule has 0 aromatic heterocycles. The summed E-state index contributed by atoms with van der Waals surface area (Å²) >= 11 is 3.53. The molecule has 142 valence electrons. The summed E-state index contributed by atoms with van der Waals surface area (Å²) in [4.78, 5) is 8.00. The smallest absolute Gasteiger partial charge is 0.120 e. The van der Waals surface area contributed by atoms with Crippen molar-refractivity contribution >= 4 is 19.4 Å². The van der Waals surface area contributed by atoms with Crippen molar-refractivity contribution in [3.8, 4) is 0 Å². The largest absolute Gasteiger partial charge is 0.310 e. The second-order valence-electron chi connectivity index (χ2n) is 6.08. The van der Waals surface area contributed by atoms with Gasteiger partial charge >= 0.3 is 0 Å². The Morgan fingerprint density at radius 2 is 1.48 bits per heavy atom. The van der Waals surface area contributed by atoms with Crippen LogP contribution in [0.4, 0.5) is 4.39 Å². The Morgan fingerprint density at radius 3 is 1.65 bits per heavy atom. The predicted octanol–water partition coefficient (Wildman–Crippen LogP) is 6.10. The summed E-state index contributed by atoms with van der Waals surface area (Å²) in [5.41, 5.74) is 0.500. The average molecular weight is 352 g/mol. The molecular formula is C19H42FNOS. The van der Waals surface area contributed by atoms with Crippen LogP contribution in [-0.2, 0) is 4.79 Å². The van der Waals surface area contributed by atoms with Crippen LogP contribution in [0, 0.1) is 11.3 Å². The van der Waals surface area contributed by atoms with E-state index >= 15 is 0 Å². The van der Waals surface area contributed by atoms with Crippen LogP contribution in [0.1, 0.15) is 62.3 Å². The van der Waals surface area contributed by atoms with Crippen molar-refractivity contribution in [2.75, 3.05) is 12.8 Å². The molecule has 1 atom stereocenters. The highest BCUT2D eigenvalue weighted by molar-refractivity contribution is 7.79. The number of allylic oxidation sites excluding steroid dienone is 2. The van der Waals surface area contributed by atoms with Gasteiger partial charge in [-0.05, 0) is 36.3 Å². The summed E-state index contributed by atoms with van der Waals surface area (Å²) in [7, 11) is 0. The molecule has 0 aromatic rings. The summed E-state index contributed by atoms with van der Waals surface area (Å²) in [6.45, 7) is 25.1. The number of carbonyl (C=O) groups is 1. The number of hydrogen-bond acceptors (Lipinski definition) is 3. The lowest BCUT2D eigenvalue weighted by molar-refractivity contribution is -0.0979. The van der Waals surface area contributed by atoms with Crippen LogP contribution >= 0.6 is 12.6 Å². The molecule has 0 bridgehead atoms. The van der Waals surface area contributed by atoms with Crippen LogP contribution in [0.2, 0.25) is 0 Å². The zero-order valence-corrected chi connectivity index (χ0v) is 18.1. The number of nitrogens with one attached hydrogen (secondary N) is 1. The van der Waals surface area contributed by atoms with Gasteiger partial charge in [-0.25, -0.2) is 4.39 Å². The molecule has 2 nitrogen and oxygen atoms in total. The standard InChI is InChI=1S/C10H18FN.C5H12.C2H6.CH2O.CH4S/c1-5-9(11)7-10(8(3)4)12-6-2;1-5(2,3)4;3*1-2/h5,7-8,10,12H,1,6H2,2-4H3;1-4H3;1-2H3;1H2;2H,1H3/b9-7-;;;;. The van der Waals surface area contributed by atoms with Crippen molar-refractivity contribution in [2.45, 2.75) is 68.4 Å². The minimum absolute atomic E-state index is 0.105. The van der Waals surface area contributed by atoms with E-state index in [2.05, 4.69) is 66.1 Å². The van der Waals surface area contributed by atoms with Gasteiger partial charge in [-0.1, -0.05) is 68.9 Å². The topological polar surface area (TPSA) is 29.1 Å². The van der Waals surface area contributed by atoms with Crippen molar-refractivity contribution in [3.63, 3.8) is 0 Å². The highest BCUT2D eigenvalue weighted by Crippen LogP contribution is 2.08. The molecule has 4 heteroatoms. The molecule has 0 fully saturated rings. The quantitative estimate of drug-likeness (QED) is 0.463. The first-order valence-corrected chi connectivity index (χ1v) is 8.98. The predicted molar refractivity (Wildman–Crippen MR) is 110 cm³/mol. The summed E-state index contributed by atoms with van der Waals surface area (Å²) in [5.74, 6) is 0.144. The number of likely N-dealkylation sites (N-methyl/N-ethyl adjacent to an activating group) is 1. The van der Waals surface area contributed by atoms with Gasteiger partial charge in [0.15, 0.2) is 0 Å². The maximum absolute atomic E-state index is 12.8. The SMILES string of the molecule is C=C/C(F)=C/C(NCC)C(C)C.C=O.CC.CC(C)(C)C.CS. The van der Waals surface area contributed by atoms with Gasteiger partial charge in [0, 0.05) is 6.04 Å². The lowest BCUT2D eigenvalue weighted by Crippen LogP contribution is -2.31. The molecule has 0 aliphatic heterocycles. The third-order valence-electron chi connectivity index (χ3n) is 1.69. The van der Waals surface area contributed by atoms with Gasteiger partial charge in [0.1, 0.15) is 12.6 Å². The fraction of sp³-hybridized carbons (Fsp3) is 0.737. The fourth-order valence-corrected chi connectivity index (χ4v) is 0.962. The molecule has 1 unspecified atom stereocenters. The molecular weight excluding hydrogens is 309 g/mol. The van der Waals surface area contributed by atoms with Gasteiger partial charge in [0.05, 0.1) is 0 Å². The van der Waals surface area contributed by atoms with E-state index in [1.54, 1.807) is 12.3 Å². The van der Waals surface area contributed by atoms with Gasteiger partial charge in [-0.2, -0.15) is 12.6 Å². The zero-order chi connectivity index (χ0) is 20.1. The molecule has 23 heavy (non-hydrogen) atoms. The van der Waals surface area contributed by atoms with Crippen molar-refractivity contribution < 1.29 is 9.18 Å². The van der Waals surface area contributed by atoms with Gasteiger partial charge in [0.2, 0.25) is 0 Å². The van der Waals surface area contributed by atoms with Gasteiger partial charge in [0.25, 0.3) is 0 Å². The lowest BCUT2D eigenvalue weighted by Gasteiger charge is -2.17. The number of hydrogen-bond donors (Lipinski definition) is 2. The number of halogens is 1. The molecule has 0 heterocycles. The van der Waals surface area contributed by atoms with E-state index in [4.69, 9.17) is 4.79 Å². The lowest BCUT2D eigenvalue weighted by atomic mass is 10.0. The number of thiol groups is 1. The molecule has 0 saturated carbocycles. The van der Waals surface area contributed by atoms with E-state index < -0.39 is 0 Å². The van der Waals surface area contributed by atoms with Crippen molar-refractivity contribution in [1.82, 2.24) is 5.32 Å². The Bertz CT molecular complexity index is 242. The minimum atomic E-state index is -0.255. The van der Waals surface area contributed by atoms with Crippen molar-refractivity contribution in [3.05, 3.63) is 24.6 Å². The summed E-state index contributed by atoms with van der Waals surface area (Å²) < 4.78 is 12.8. The molecule has 0 aliphatic carbocycles. The Balaban J connectivity index is -0.0000000819. The van der Waals surface area contributed by atoms with Crippen molar-refractivity contribution in [2.24, 2.45) is 11.3 Å². The molecule has 0 rings (SSSR count). The molecule has 0 radical (unpaired) electrons. The zero-order valence-electron chi connectivity index (χ0n) is 17.2. The Labute approximate surface area is 151 Å². The van der Waals surface area contributed by atoms with Crippen LogP contribution in [-0.4, -0.2) is 25.6 Å². The second kappa shape index (κ2) is 26.3. The first-order chi connectivity index (χ1) is 10.6. The van der Waals surface area contributed by atoms with E-state index in [0.29, 0.717) is 11.3 Å². The molecule has 1 N–H and O–H groups in total. The molecule has 0 aromatic carbocycles. The minimum Gasteiger partial charge on any atom is -0.310 e. The maximum Gasteiger partial charge on any atom is 0.120 e. The Morgan fingerprint density at radius 1 is 1.17 bits per heavy atom. The first kappa shape index (κ1) is 33.9. The normalized spacial score (nSPS) is 11.1. The van der Waals surface area contributed by atoms with Crippen LogP contribution in [0.3, 0.4) is 0 Å². The molecule has 0 aliphatic rings. The van der Waals surface area contributed by atoms with Crippen LogP contribution in [0.15, 0.2) is 24.6 Å². The monoisotopic (exact) mass is 351 g/mol. The van der Waals surface area contributed by atoms with E-state index in [1.807, 2.05) is 27.6 Å². The summed E-state index contributed by atoms with van der Waals surface area (Å²) in [5, 5.41) is 3.18. The Kier molecular flexibility index (Phi) is 38.7. The molecule has 0 spiro atoms. The summed E-state index contributed by atoms with van der Waals surface area (Å²) in [6.07, 6.45) is 4.49. The van der Waals surface area contributed by atoms with E-state index in [9.17, 15) is 4.39 Å².